The molecule has 0 aliphatic rings. The summed E-state index contributed by atoms with van der Waals surface area (Å²) in [6.45, 7) is 1.45. The van der Waals surface area contributed by atoms with Gasteiger partial charge in [-0.15, -0.1) is 0 Å². The van der Waals surface area contributed by atoms with Crippen LogP contribution in [0.25, 0.3) is 22.2 Å². The Bertz CT molecular complexity index is 795. The van der Waals surface area contributed by atoms with Gasteiger partial charge in [-0.3, -0.25) is 9.78 Å². The molecule has 3 aromatic rings. The van der Waals surface area contributed by atoms with Crippen LogP contribution in [-0.2, 0) is 4.79 Å². The summed E-state index contributed by atoms with van der Waals surface area (Å²) < 4.78 is 10.9. The highest BCUT2D eigenvalue weighted by Crippen LogP contribution is 2.37. The first-order valence-electron chi connectivity index (χ1n) is 6.48. The number of methoxy groups -OCH3 is 1. The van der Waals surface area contributed by atoms with E-state index in [0.29, 0.717) is 17.0 Å². The van der Waals surface area contributed by atoms with Gasteiger partial charge in [0.25, 0.3) is 0 Å². The maximum atomic E-state index is 11.3. The molecule has 3 rings (SSSR count). The van der Waals surface area contributed by atoms with Crippen molar-refractivity contribution < 1.29 is 13.9 Å². The number of rotatable bonds is 3. The molecule has 0 radical (unpaired) electrons. The van der Waals surface area contributed by atoms with E-state index < -0.39 is 0 Å². The maximum absolute atomic E-state index is 11.3. The van der Waals surface area contributed by atoms with Crippen LogP contribution in [0.3, 0.4) is 0 Å². The van der Waals surface area contributed by atoms with Crippen LogP contribution in [0.5, 0.6) is 5.75 Å². The molecule has 2 heterocycles. The van der Waals surface area contributed by atoms with Gasteiger partial charge in [-0.1, -0.05) is 0 Å². The number of carbonyl (C=O) groups is 1. The van der Waals surface area contributed by atoms with Crippen molar-refractivity contribution in [1.29, 1.82) is 0 Å². The van der Waals surface area contributed by atoms with Gasteiger partial charge in [0.1, 0.15) is 11.3 Å². The lowest BCUT2D eigenvalue weighted by Crippen LogP contribution is -2.07. The number of hydrogen-bond acceptors (Lipinski definition) is 4. The first kappa shape index (κ1) is 13.2. The molecule has 0 bridgehead atoms. The summed E-state index contributed by atoms with van der Waals surface area (Å²) >= 11 is 0. The van der Waals surface area contributed by atoms with Crippen molar-refractivity contribution in [3.8, 4) is 17.1 Å². The van der Waals surface area contributed by atoms with Crippen molar-refractivity contribution in [1.82, 2.24) is 4.98 Å². The minimum Gasteiger partial charge on any atom is -0.492 e. The fourth-order valence-corrected chi connectivity index (χ4v) is 2.33. The number of ether oxygens (including phenoxy) is 1. The highest BCUT2D eigenvalue weighted by atomic mass is 16.5. The fourth-order valence-electron chi connectivity index (χ4n) is 2.33. The fraction of sp³-hybridized carbons (Fsp3) is 0.125. The molecule has 5 heteroatoms. The Morgan fingerprint density at radius 1 is 1.29 bits per heavy atom. The molecule has 0 unspecified atom stereocenters. The summed E-state index contributed by atoms with van der Waals surface area (Å²) in [5, 5.41) is 3.64. The van der Waals surface area contributed by atoms with Gasteiger partial charge in [0.15, 0.2) is 5.75 Å². The van der Waals surface area contributed by atoms with Crippen molar-refractivity contribution in [3.05, 3.63) is 42.8 Å². The van der Waals surface area contributed by atoms with E-state index in [1.54, 1.807) is 25.6 Å². The second-order valence-electron chi connectivity index (χ2n) is 4.56. The van der Waals surface area contributed by atoms with Crippen LogP contribution in [0, 0.1) is 0 Å². The number of fused-ring (bicyclic) bond motifs is 1. The number of aromatic nitrogens is 1. The summed E-state index contributed by atoms with van der Waals surface area (Å²) in [5.41, 5.74) is 2.21. The quantitative estimate of drug-likeness (QED) is 0.799. The van der Waals surface area contributed by atoms with Gasteiger partial charge in [-0.05, 0) is 30.3 Å². The first-order chi connectivity index (χ1) is 10.2. The van der Waals surface area contributed by atoms with Crippen molar-refractivity contribution in [3.63, 3.8) is 0 Å². The van der Waals surface area contributed by atoms with Crippen LogP contribution in [-0.4, -0.2) is 18.0 Å². The van der Waals surface area contributed by atoms with Crippen molar-refractivity contribution in [2.75, 3.05) is 12.4 Å². The van der Waals surface area contributed by atoms with E-state index in [2.05, 4.69) is 10.3 Å². The van der Waals surface area contributed by atoms with Crippen LogP contribution >= 0.6 is 0 Å². The average molecular weight is 282 g/mol. The van der Waals surface area contributed by atoms with E-state index in [4.69, 9.17) is 9.15 Å². The third kappa shape index (κ3) is 2.33. The van der Waals surface area contributed by atoms with Crippen LogP contribution in [0.2, 0.25) is 0 Å². The van der Waals surface area contributed by atoms with Crippen LogP contribution in [0.4, 0.5) is 5.69 Å². The standard InChI is InChI=1S/C16H14N2O3/c1-10(19)18-13-6-5-12-11(14-4-3-9-21-14)7-8-17-15(12)16(13)20-2/h3-9H,1-2H3,(H,18,19). The highest BCUT2D eigenvalue weighted by Gasteiger charge is 2.14. The third-order valence-electron chi connectivity index (χ3n) is 3.17. The molecule has 1 aromatic carbocycles. The summed E-state index contributed by atoms with van der Waals surface area (Å²) in [7, 11) is 1.56. The lowest BCUT2D eigenvalue weighted by molar-refractivity contribution is -0.114. The highest BCUT2D eigenvalue weighted by molar-refractivity contribution is 6.02. The van der Waals surface area contributed by atoms with Crippen molar-refractivity contribution in [2.45, 2.75) is 6.92 Å². The van der Waals surface area contributed by atoms with E-state index in [1.165, 1.54) is 6.92 Å². The molecule has 0 saturated carbocycles. The number of carbonyl (C=O) groups excluding carboxylic acids is 1. The molecule has 0 fully saturated rings. The lowest BCUT2D eigenvalue weighted by atomic mass is 10.1. The Labute approximate surface area is 121 Å². The molecule has 1 N–H and O–H groups in total. The van der Waals surface area contributed by atoms with E-state index in [9.17, 15) is 4.79 Å². The second-order valence-corrected chi connectivity index (χ2v) is 4.56. The Balaban J connectivity index is 2.25. The number of hydrogen-bond donors (Lipinski definition) is 1. The second kappa shape index (κ2) is 5.28. The zero-order valence-electron chi connectivity index (χ0n) is 11.7. The van der Waals surface area contributed by atoms with Gasteiger partial charge in [-0.2, -0.15) is 0 Å². The lowest BCUT2D eigenvalue weighted by Gasteiger charge is -2.12. The van der Waals surface area contributed by atoms with Crippen molar-refractivity contribution in [2.24, 2.45) is 0 Å². The average Bonchev–Trinajstić information content (AvgIpc) is 2.99. The topological polar surface area (TPSA) is 64.4 Å². The zero-order chi connectivity index (χ0) is 14.8. The van der Waals surface area contributed by atoms with Gasteiger partial charge in [0.2, 0.25) is 5.91 Å². The minimum atomic E-state index is -0.158. The number of anilines is 1. The molecule has 0 spiro atoms. The predicted molar refractivity (Wildman–Crippen MR) is 80.3 cm³/mol. The number of benzene rings is 1. The van der Waals surface area contributed by atoms with E-state index in [1.807, 2.05) is 24.3 Å². The molecule has 5 nitrogen and oxygen atoms in total. The summed E-state index contributed by atoms with van der Waals surface area (Å²) in [5.74, 6) is 1.14. The summed E-state index contributed by atoms with van der Waals surface area (Å²) in [6.07, 6.45) is 3.32. The molecule has 1 amide bonds. The Hall–Kier alpha value is -2.82. The third-order valence-corrected chi connectivity index (χ3v) is 3.17. The Morgan fingerprint density at radius 2 is 2.14 bits per heavy atom. The number of nitrogens with one attached hydrogen (secondary N) is 1. The molecule has 21 heavy (non-hydrogen) atoms. The maximum Gasteiger partial charge on any atom is 0.221 e. The van der Waals surface area contributed by atoms with Crippen LogP contribution in [0.15, 0.2) is 47.2 Å². The minimum absolute atomic E-state index is 0.158. The van der Waals surface area contributed by atoms with Crippen molar-refractivity contribution >= 4 is 22.5 Å². The number of amides is 1. The van der Waals surface area contributed by atoms with Gasteiger partial charge < -0.3 is 14.5 Å². The van der Waals surface area contributed by atoms with Crippen LogP contribution in [0.1, 0.15) is 6.92 Å². The summed E-state index contributed by atoms with van der Waals surface area (Å²) in [4.78, 5) is 15.6. The molecular weight excluding hydrogens is 268 g/mol. The molecular formula is C16H14N2O3. The largest absolute Gasteiger partial charge is 0.492 e. The number of pyridine rings is 1. The van der Waals surface area contributed by atoms with Gasteiger partial charge in [0, 0.05) is 24.1 Å². The van der Waals surface area contributed by atoms with Gasteiger partial charge >= 0.3 is 0 Å². The molecule has 106 valence electrons. The van der Waals surface area contributed by atoms with E-state index in [0.717, 1.165) is 16.7 Å². The predicted octanol–water partition coefficient (Wildman–Crippen LogP) is 3.46. The SMILES string of the molecule is COc1c(NC(C)=O)ccc2c(-c3ccco3)ccnc12. The van der Waals surface area contributed by atoms with E-state index in [-0.39, 0.29) is 5.91 Å². The smallest absolute Gasteiger partial charge is 0.221 e. The number of furan rings is 1. The zero-order valence-corrected chi connectivity index (χ0v) is 11.7. The van der Waals surface area contributed by atoms with Gasteiger partial charge in [-0.25, -0.2) is 0 Å². The Morgan fingerprint density at radius 3 is 2.81 bits per heavy atom. The normalized spacial score (nSPS) is 10.6. The molecule has 0 aliphatic carbocycles. The monoisotopic (exact) mass is 282 g/mol. The summed E-state index contributed by atoms with van der Waals surface area (Å²) in [6, 6.07) is 9.32. The molecule has 0 saturated heterocycles. The molecule has 0 atom stereocenters. The molecule has 2 aromatic heterocycles. The van der Waals surface area contributed by atoms with Crippen LogP contribution < -0.4 is 10.1 Å². The first-order valence-corrected chi connectivity index (χ1v) is 6.48. The van der Waals surface area contributed by atoms with Gasteiger partial charge in [0.05, 0.1) is 19.1 Å². The number of nitrogens with zero attached hydrogens (tertiary/aromatic N) is 1. The molecule has 0 aliphatic heterocycles. The van der Waals surface area contributed by atoms with E-state index >= 15 is 0 Å². The Kier molecular flexibility index (Phi) is 3.31.